The number of carbonyl (C=O) groups is 2. The number of sulfonamides is 1. The molecule has 0 fully saturated rings. The number of hydrogen-bond donors (Lipinski definition) is 1. The Hall–Kier alpha value is -3.36. The minimum atomic E-state index is -3.79. The van der Waals surface area contributed by atoms with Crippen molar-refractivity contribution in [1.82, 2.24) is 10.2 Å². The standard InChI is InChI=1S/C29H34ClN3O4S/c1-4-22-13-17-26(18-14-22)33(38(3,36)37)21-28(34)32(20-24-11-15-25(30)16-12-24)27(29(35)31-5-2)19-23-9-7-6-8-10-23/h6-18,27H,4-5,19-21H2,1-3H3,(H,31,35)/t27-/m1/s1. The molecule has 1 atom stereocenters. The summed E-state index contributed by atoms with van der Waals surface area (Å²) < 4.78 is 26.7. The number of halogens is 1. The summed E-state index contributed by atoms with van der Waals surface area (Å²) in [4.78, 5) is 28.7. The van der Waals surface area contributed by atoms with E-state index in [1.807, 2.05) is 56.3 Å². The van der Waals surface area contributed by atoms with Crippen LogP contribution in [0.25, 0.3) is 0 Å². The monoisotopic (exact) mass is 555 g/mol. The Morgan fingerprint density at radius 3 is 2.03 bits per heavy atom. The molecule has 3 aromatic rings. The van der Waals surface area contributed by atoms with Crippen LogP contribution in [0.1, 0.15) is 30.5 Å². The minimum Gasteiger partial charge on any atom is -0.355 e. The molecule has 2 amide bonds. The second-order valence-corrected chi connectivity index (χ2v) is 11.4. The molecule has 3 rings (SSSR count). The average molecular weight is 556 g/mol. The Morgan fingerprint density at radius 2 is 1.47 bits per heavy atom. The molecular weight excluding hydrogens is 522 g/mol. The Balaban J connectivity index is 2.01. The van der Waals surface area contributed by atoms with Crippen LogP contribution in [0.3, 0.4) is 0 Å². The number of likely N-dealkylation sites (N-methyl/N-ethyl adjacent to an activating group) is 1. The maximum Gasteiger partial charge on any atom is 0.244 e. The molecule has 0 radical (unpaired) electrons. The number of amides is 2. The first-order valence-electron chi connectivity index (χ1n) is 12.5. The van der Waals surface area contributed by atoms with Crippen LogP contribution in [0.15, 0.2) is 78.9 Å². The van der Waals surface area contributed by atoms with Gasteiger partial charge in [-0.1, -0.05) is 73.1 Å². The van der Waals surface area contributed by atoms with Crippen LogP contribution < -0.4 is 9.62 Å². The van der Waals surface area contributed by atoms with Gasteiger partial charge in [-0.25, -0.2) is 8.42 Å². The van der Waals surface area contributed by atoms with E-state index in [-0.39, 0.29) is 18.9 Å². The highest BCUT2D eigenvalue weighted by atomic mass is 35.5. The second-order valence-electron chi connectivity index (χ2n) is 9.04. The van der Waals surface area contributed by atoms with Crippen LogP contribution in [0, 0.1) is 0 Å². The van der Waals surface area contributed by atoms with Gasteiger partial charge >= 0.3 is 0 Å². The Bertz CT molecular complexity index is 1310. The van der Waals surface area contributed by atoms with Crippen molar-refractivity contribution in [3.05, 3.63) is 101 Å². The van der Waals surface area contributed by atoms with Gasteiger partial charge in [0.2, 0.25) is 21.8 Å². The molecule has 0 unspecified atom stereocenters. The van der Waals surface area contributed by atoms with E-state index < -0.39 is 28.5 Å². The normalized spacial score (nSPS) is 12.0. The van der Waals surface area contributed by atoms with Crippen LogP contribution in [-0.4, -0.2) is 50.5 Å². The van der Waals surface area contributed by atoms with E-state index in [1.54, 1.807) is 36.4 Å². The van der Waals surface area contributed by atoms with E-state index in [0.717, 1.165) is 33.7 Å². The molecule has 0 aliphatic carbocycles. The first-order chi connectivity index (χ1) is 18.1. The maximum absolute atomic E-state index is 13.9. The molecule has 202 valence electrons. The van der Waals surface area contributed by atoms with Gasteiger partial charge in [0.25, 0.3) is 0 Å². The summed E-state index contributed by atoms with van der Waals surface area (Å²) in [6.07, 6.45) is 2.15. The number of nitrogens with zero attached hydrogens (tertiary/aromatic N) is 2. The number of benzene rings is 3. The third kappa shape index (κ3) is 8.07. The van der Waals surface area contributed by atoms with Crippen molar-refractivity contribution < 1.29 is 18.0 Å². The first kappa shape index (κ1) is 29.2. The van der Waals surface area contributed by atoms with Crippen LogP contribution in [0.5, 0.6) is 0 Å². The lowest BCUT2D eigenvalue weighted by Gasteiger charge is -2.33. The van der Waals surface area contributed by atoms with Gasteiger partial charge in [0.1, 0.15) is 12.6 Å². The van der Waals surface area contributed by atoms with Crippen molar-refractivity contribution in [2.75, 3.05) is 23.7 Å². The molecule has 0 aliphatic rings. The van der Waals surface area contributed by atoms with E-state index >= 15 is 0 Å². The molecule has 0 aromatic heterocycles. The van der Waals surface area contributed by atoms with Crippen molar-refractivity contribution in [3.8, 4) is 0 Å². The first-order valence-corrected chi connectivity index (χ1v) is 14.8. The largest absolute Gasteiger partial charge is 0.355 e. The van der Waals surface area contributed by atoms with Crippen molar-refractivity contribution in [1.29, 1.82) is 0 Å². The summed E-state index contributed by atoms with van der Waals surface area (Å²) in [5.74, 6) is -0.797. The van der Waals surface area contributed by atoms with Gasteiger partial charge in [-0.05, 0) is 54.3 Å². The topological polar surface area (TPSA) is 86.8 Å². The van der Waals surface area contributed by atoms with E-state index in [1.165, 1.54) is 4.90 Å². The lowest BCUT2D eigenvalue weighted by Crippen LogP contribution is -2.53. The summed E-state index contributed by atoms with van der Waals surface area (Å²) in [6, 6.07) is 22.7. The molecule has 0 bridgehead atoms. The molecule has 3 aromatic carbocycles. The van der Waals surface area contributed by atoms with E-state index in [2.05, 4.69) is 5.32 Å². The number of rotatable bonds is 12. The van der Waals surface area contributed by atoms with Gasteiger partial charge in [0.05, 0.1) is 11.9 Å². The summed E-state index contributed by atoms with van der Waals surface area (Å²) in [5, 5.41) is 3.39. The number of carbonyl (C=O) groups excluding carboxylic acids is 2. The highest BCUT2D eigenvalue weighted by Gasteiger charge is 2.32. The van der Waals surface area contributed by atoms with Gasteiger partial charge < -0.3 is 10.2 Å². The molecule has 0 saturated heterocycles. The molecule has 38 heavy (non-hydrogen) atoms. The van der Waals surface area contributed by atoms with Crippen molar-refractivity contribution in [2.45, 2.75) is 39.3 Å². The van der Waals surface area contributed by atoms with Crippen LogP contribution in [-0.2, 0) is 39.0 Å². The summed E-state index contributed by atoms with van der Waals surface area (Å²) in [5.41, 5.74) is 3.09. The highest BCUT2D eigenvalue weighted by molar-refractivity contribution is 7.92. The van der Waals surface area contributed by atoms with Crippen molar-refractivity contribution in [2.24, 2.45) is 0 Å². The number of aryl methyl sites for hydroxylation is 1. The van der Waals surface area contributed by atoms with Crippen LogP contribution >= 0.6 is 11.6 Å². The van der Waals surface area contributed by atoms with Gasteiger partial charge in [0.15, 0.2) is 0 Å². The van der Waals surface area contributed by atoms with E-state index in [0.29, 0.717) is 17.3 Å². The molecule has 0 aliphatic heterocycles. The van der Waals surface area contributed by atoms with Crippen molar-refractivity contribution >= 4 is 39.1 Å². The average Bonchev–Trinajstić information content (AvgIpc) is 2.90. The van der Waals surface area contributed by atoms with Gasteiger partial charge in [-0.2, -0.15) is 0 Å². The van der Waals surface area contributed by atoms with E-state index in [9.17, 15) is 18.0 Å². The molecular formula is C29H34ClN3O4S. The molecule has 7 nitrogen and oxygen atoms in total. The third-order valence-corrected chi connectivity index (χ3v) is 7.59. The molecule has 1 N–H and O–H groups in total. The summed E-state index contributed by atoms with van der Waals surface area (Å²) >= 11 is 6.06. The van der Waals surface area contributed by atoms with E-state index in [4.69, 9.17) is 11.6 Å². The van der Waals surface area contributed by atoms with Crippen molar-refractivity contribution in [3.63, 3.8) is 0 Å². The number of hydrogen-bond acceptors (Lipinski definition) is 4. The Labute approximate surface area is 230 Å². The minimum absolute atomic E-state index is 0.108. The fraction of sp³-hybridized carbons (Fsp3) is 0.310. The zero-order chi connectivity index (χ0) is 27.7. The predicted molar refractivity (Wildman–Crippen MR) is 153 cm³/mol. The van der Waals surface area contributed by atoms with Gasteiger partial charge in [0, 0.05) is 24.5 Å². The number of nitrogens with one attached hydrogen (secondary N) is 1. The van der Waals surface area contributed by atoms with Gasteiger partial charge in [-0.3, -0.25) is 13.9 Å². The Morgan fingerprint density at radius 1 is 0.868 bits per heavy atom. The quantitative estimate of drug-likeness (QED) is 0.358. The second kappa shape index (κ2) is 13.4. The molecule has 0 heterocycles. The zero-order valence-corrected chi connectivity index (χ0v) is 23.5. The fourth-order valence-corrected chi connectivity index (χ4v) is 5.12. The van der Waals surface area contributed by atoms with Crippen LogP contribution in [0.2, 0.25) is 5.02 Å². The molecule has 9 heteroatoms. The molecule has 0 saturated carbocycles. The summed E-state index contributed by atoms with van der Waals surface area (Å²) in [6.45, 7) is 3.88. The number of anilines is 1. The predicted octanol–water partition coefficient (Wildman–Crippen LogP) is 4.44. The van der Waals surface area contributed by atoms with Gasteiger partial charge in [-0.15, -0.1) is 0 Å². The Kier molecular flexibility index (Phi) is 10.3. The lowest BCUT2D eigenvalue weighted by molar-refractivity contribution is -0.140. The summed E-state index contributed by atoms with van der Waals surface area (Å²) in [7, 11) is -3.79. The smallest absolute Gasteiger partial charge is 0.244 e. The van der Waals surface area contributed by atoms with Crippen LogP contribution in [0.4, 0.5) is 5.69 Å². The lowest BCUT2D eigenvalue weighted by atomic mass is 10.0. The highest BCUT2D eigenvalue weighted by Crippen LogP contribution is 2.21. The third-order valence-electron chi connectivity index (χ3n) is 6.20. The maximum atomic E-state index is 13.9. The zero-order valence-electron chi connectivity index (χ0n) is 21.9. The SMILES string of the molecule is CCNC(=O)[C@@H](Cc1ccccc1)N(Cc1ccc(Cl)cc1)C(=O)CN(c1ccc(CC)cc1)S(C)(=O)=O. The molecule has 0 spiro atoms. The fourth-order valence-electron chi connectivity index (χ4n) is 4.14.